The van der Waals surface area contributed by atoms with Gasteiger partial charge in [-0.05, 0) is 37.5 Å². The zero-order chi connectivity index (χ0) is 9.97. The molecule has 1 aliphatic rings. The van der Waals surface area contributed by atoms with E-state index in [4.69, 9.17) is 5.73 Å². The predicted octanol–water partition coefficient (Wildman–Crippen LogP) is 1.84. The Morgan fingerprint density at radius 1 is 1.57 bits per heavy atom. The Bertz CT molecular complexity index is 273. The molecule has 78 valence electrons. The summed E-state index contributed by atoms with van der Waals surface area (Å²) in [5.41, 5.74) is 7.12. The molecule has 0 spiro atoms. The lowest BCUT2D eigenvalue weighted by Crippen LogP contribution is -2.33. The van der Waals surface area contributed by atoms with Crippen LogP contribution in [0.1, 0.15) is 31.9 Å². The molecule has 3 atom stereocenters. The van der Waals surface area contributed by atoms with Crippen LogP contribution in [0.4, 0.5) is 0 Å². The summed E-state index contributed by atoms with van der Waals surface area (Å²) in [6.45, 7) is 2.33. The van der Waals surface area contributed by atoms with Gasteiger partial charge in [0.15, 0.2) is 0 Å². The van der Waals surface area contributed by atoms with Crippen molar-refractivity contribution < 1.29 is 0 Å². The van der Waals surface area contributed by atoms with Gasteiger partial charge in [0.2, 0.25) is 0 Å². The maximum Gasteiger partial charge on any atom is 0.0745 e. The van der Waals surface area contributed by atoms with Crippen LogP contribution in [0.25, 0.3) is 0 Å². The third-order valence-electron chi connectivity index (χ3n) is 3.28. The number of nitrogens with two attached hydrogens (primary N) is 1. The van der Waals surface area contributed by atoms with E-state index in [0.717, 1.165) is 24.5 Å². The lowest BCUT2D eigenvalue weighted by atomic mass is 9.76. The number of aromatic nitrogens is 2. The fraction of sp³-hybridized carbons (Fsp3) is 0.800. The van der Waals surface area contributed by atoms with Gasteiger partial charge in [-0.3, -0.25) is 0 Å². The average molecular weight is 211 g/mol. The van der Waals surface area contributed by atoms with Crippen molar-refractivity contribution in [3.05, 3.63) is 11.9 Å². The van der Waals surface area contributed by atoms with Crippen molar-refractivity contribution in [2.75, 3.05) is 0 Å². The number of hydrogen-bond acceptors (Lipinski definition) is 4. The van der Waals surface area contributed by atoms with Crippen molar-refractivity contribution in [1.82, 2.24) is 8.75 Å². The largest absolute Gasteiger partial charge is 0.328 e. The summed E-state index contributed by atoms with van der Waals surface area (Å²) in [5.74, 6) is 1.50. The molecule has 3 unspecified atom stereocenters. The van der Waals surface area contributed by atoms with Crippen LogP contribution in [-0.4, -0.2) is 14.8 Å². The topological polar surface area (TPSA) is 51.8 Å². The second-order valence-electron chi connectivity index (χ2n) is 4.41. The van der Waals surface area contributed by atoms with Crippen molar-refractivity contribution in [3.8, 4) is 0 Å². The summed E-state index contributed by atoms with van der Waals surface area (Å²) in [6, 6.07) is 0.405. The van der Waals surface area contributed by atoms with Gasteiger partial charge in [-0.1, -0.05) is 6.92 Å². The zero-order valence-corrected chi connectivity index (χ0v) is 9.33. The standard InChI is InChI=1S/C10H17N3S/c1-7-2-3-9(11)4-8(7)5-10-6-12-14-13-10/h6-9H,2-5,11H2,1H3. The van der Waals surface area contributed by atoms with Crippen molar-refractivity contribution in [2.45, 2.75) is 38.6 Å². The summed E-state index contributed by atoms with van der Waals surface area (Å²) in [4.78, 5) is 0. The molecule has 0 radical (unpaired) electrons. The van der Waals surface area contributed by atoms with Crippen LogP contribution < -0.4 is 5.73 Å². The van der Waals surface area contributed by atoms with Crippen molar-refractivity contribution in [2.24, 2.45) is 17.6 Å². The molecule has 1 aliphatic carbocycles. The minimum absolute atomic E-state index is 0.405. The fourth-order valence-corrected chi connectivity index (χ4v) is 2.72. The van der Waals surface area contributed by atoms with Crippen LogP contribution in [0.2, 0.25) is 0 Å². The van der Waals surface area contributed by atoms with Gasteiger partial charge in [-0.25, -0.2) is 0 Å². The van der Waals surface area contributed by atoms with Crippen LogP contribution in [0.5, 0.6) is 0 Å². The molecule has 0 aliphatic heterocycles. The molecule has 3 nitrogen and oxygen atoms in total. The van der Waals surface area contributed by atoms with E-state index in [1.54, 1.807) is 0 Å². The number of rotatable bonds is 2. The third-order valence-corrected chi connectivity index (χ3v) is 3.80. The highest BCUT2D eigenvalue weighted by Crippen LogP contribution is 2.31. The van der Waals surface area contributed by atoms with Crippen LogP contribution in [-0.2, 0) is 6.42 Å². The maximum absolute atomic E-state index is 5.98. The molecule has 0 saturated heterocycles. The van der Waals surface area contributed by atoms with Crippen molar-refractivity contribution in [3.63, 3.8) is 0 Å². The van der Waals surface area contributed by atoms with E-state index >= 15 is 0 Å². The minimum Gasteiger partial charge on any atom is -0.328 e. The maximum atomic E-state index is 5.98. The van der Waals surface area contributed by atoms with Crippen LogP contribution in [0.15, 0.2) is 6.20 Å². The second kappa shape index (κ2) is 4.36. The van der Waals surface area contributed by atoms with E-state index in [0.29, 0.717) is 12.0 Å². The summed E-state index contributed by atoms with van der Waals surface area (Å²) < 4.78 is 8.29. The quantitative estimate of drug-likeness (QED) is 0.812. The van der Waals surface area contributed by atoms with Crippen LogP contribution in [0, 0.1) is 11.8 Å². The third kappa shape index (κ3) is 2.30. The first-order valence-electron chi connectivity index (χ1n) is 5.27. The van der Waals surface area contributed by atoms with E-state index in [2.05, 4.69) is 15.7 Å². The Hall–Kier alpha value is -0.480. The molecule has 2 rings (SSSR count). The molecular formula is C10H17N3S. The highest BCUT2D eigenvalue weighted by atomic mass is 32.1. The first-order chi connectivity index (χ1) is 6.75. The Labute approximate surface area is 89.0 Å². The normalized spacial score (nSPS) is 33.1. The molecule has 1 aromatic rings. The van der Waals surface area contributed by atoms with E-state index < -0.39 is 0 Å². The summed E-state index contributed by atoms with van der Waals surface area (Å²) in [7, 11) is 0. The highest BCUT2D eigenvalue weighted by molar-refractivity contribution is 6.99. The van der Waals surface area contributed by atoms with Crippen molar-refractivity contribution >= 4 is 11.7 Å². The predicted molar refractivity (Wildman–Crippen MR) is 58.1 cm³/mol. The first kappa shape index (κ1) is 10.1. The van der Waals surface area contributed by atoms with E-state index in [-0.39, 0.29) is 0 Å². The molecule has 1 aromatic heterocycles. The molecule has 14 heavy (non-hydrogen) atoms. The van der Waals surface area contributed by atoms with Gasteiger partial charge in [0, 0.05) is 6.04 Å². The Kier molecular flexibility index (Phi) is 3.13. The van der Waals surface area contributed by atoms with Gasteiger partial charge in [-0.2, -0.15) is 8.75 Å². The fourth-order valence-electron chi connectivity index (χ4n) is 2.28. The van der Waals surface area contributed by atoms with E-state index in [1.807, 2.05) is 6.20 Å². The minimum atomic E-state index is 0.405. The lowest BCUT2D eigenvalue weighted by Gasteiger charge is -2.32. The monoisotopic (exact) mass is 211 g/mol. The second-order valence-corrected chi connectivity index (χ2v) is 4.97. The zero-order valence-electron chi connectivity index (χ0n) is 8.52. The van der Waals surface area contributed by atoms with Gasteiger partial charge < -0.3 is 5.73 Å². The van der Waals surface area contributed by atoms with Gasteiger partial charge in [0.1, 0.15) is 0 Å². The SMILES string of the molecule is CC1CCC(N)CC1Cc1cnsn1. The molecular weight excluding hydrogens is 194 g/mol. The molecule has 1 fully saturated rings. The Balaban J connectivity index is 1.95. The first-order valence-corrected chi connectivity index (χ1v) is 6.00. The van der Waals surface area contributed by atoms with Gasteiger partial charge in [-0.15, -0.1) is 0 Å². The van der Waals surface area contributed by atoms with Gasteiger partial charge in [0.05, 0.1) is 23.6 Å². The summed E-state index contributed by atoms with van der Waals surface area (Å²) >= 11 is 1.30. The van der Waals surface area contributed by atoms with E-state index in [9.17, 15) is 0 Å². The number of hydrogen-bond donors (Lipinski definition) is 1. The molecule has 0 aromatic carbocycles. The van der Waals surface area contributed by atoms with Crippen LogP contribution >= 0.6 is 11.7 Å². The van der Waals surface area contributed by atoms with E-state index in [1.165, 1.54) is 24.6 Å². The van der Waals surface area contributed by atoms with Gasteiger partial charge >= 0.3 is 0 Å². The Morgan fingerprint density at radius 2 is 2.43 bits per heavy atom. The average Bonchev–Trinajstić information content (AvgIpc) is 2.64. The molecule has 1 saturated carbocycles. The number of nitrogens with zero attached hydrogens (tertiary/aromatic N) is 2. The summed E-state index contributed by atoms with van der Waals surface area (Å²) in [5, 5.41) is 0. The summed E-state index contributed by atoms with van der Waals surface area (Å²) in [6.07, 6.45) is 6.55. The molecule has 2 N–H and O–H groups in total. The van der Waals surface area contributed by atoms with Crippen molar-refractivity contribution in [1.29, 1.82) is 0 Å². The lowest BCUT2D eigenvalue weighted by molar-refractivity contribution is 0.230. The molecule has 0 bridgehead atoms. The molecule has 4 heteroatoms. The Morgan fingerprint density at radius 3 is 3.14 bits per heavy atom. The van der Waals surface area contributed by atoms with Crippen LogP contribution in [0.3, 0.4) is 0 Å². The highest BCUT2D eigenvalue weighted by Gasteiger charge is 2.26. The smallest absolute Gasteiger partial charge is 0.0745 e. The molecule has 1 heterocycles. The van der Waals surface area contributed by atoms with Gasteiger partial charge in [0.25, 0.3) is 0 Å². The molecule has 0 amide bonds.